The Morgan fingerprint density at radius 3 is 2.42 bits per heavy atom. The van der Waals surface area contributed by atoms with E-state index in [9.17, 15) is 18.3 Å². The minimum Gasteiger partial charge on any atom is -0.381 e. The van der Waals surface area contributed by atoms with Crippen LogP contribution >= 0.6 is 0 Å². The molecule has 1 N–H and O–H groups in total. The number of aliphatic hydroxyl groups is 1. The maximum atomic E-state index is 13.5. The molecule has 0 saturated heterocycles. The largest absolute Gasteiger partial charge is 0.421 e. The predicted octanol–water partition coefficient (Wildman–Crippen LogP) is 4.56. The summed E-state index contributed by atoms with van der Waals surface area (Å²) in [5.41, 5.74) is -1.99. The van der Waals surface area contributed by atoms with Crippen LogP contribution in [0.25, 0.3) is 0 Å². The molecule has 1 atom stereocenters. The summed E-state index contributed by atoms with van der Waals surface area (Å²) in [5, 5.41) is 10.4. The molecule has 0 aliphatic carbocycles. The van der Waals surface area contributed by atoms with E-state index in [0.717, 1.165) is 13.0 Å². The van der Waals surface area contributed by atoms with Crippen molar-refractivity contribution < 1.29 is 23.0 Å². The summed E-state index contributed by atoms with van der Waals surface area (Å²) in [5.74, 6) is 0. The van der Waals surface area contributed by atoms with Crippen LogP contribution in [-0.4, -0.2) is 49.3 Å². The van der Waals surface area contributed by atoms with E-state index in [0.29, 0.717) is 24.3 Å². The lowest BCUT2D eigenvalue weighted by atomic mass is 9.88. The third-order valence-electron chi connectivity index (χ3n) is 4.07. The number of rotatable bonds is 10. The van der Waals surface area contributed by atoms with Gasteiger partial charge in [0.2, 0.25) is 0 Å². The van der Waals surface area contributed by atoms with Gasteiger partial charge in [-0.3, -0.25) is 0 Å². The number of hydrogen-bond donors (Lipinski definition) is 1. The van der Waals surface area contributed by atoms with Crippen molar-refractivity contribution in [3.8, 4) is 0 Å². The van der Waals surface area contributed by atoms with Crippen LogP contribution < -0.4 is 0 Å². The number of aliphatic imine (C=N–C) groups is 1. The molecule has 1 aromatic rings. The van der Waals surface area contributed by atoms with Gasteiger partial charge >= 0.3 is 6.18 Å². The highest BCUT2D eigenvalue weighted by molar-refractivity contribution is 5.63. The molecule has 0 amide bonds. The van der Waals surface area contributed by atoms with Crippen LogP contribution in [0.2, 0.25) is 0 Å². The molecule has 1 aromatic carbocycles. The van der Waals surface area contributed by atoms with E-state index < -0.39 is 18.2 Å². The molecule has 0 bridgehead atoms. The van der Waals surface area contributed by atoms with Gasteiger partial charge in [0, 0.05) is 33.2 Å². The molecule has 0 radical (unpaired) electrons. The van der Waals surface area contributed by atoms with Gasteiger partial charge < -0.3 is 14.7 Å². The molecule has 0 aliphatic heterocycles. The highest BCUT2D eigenvalue weighted by atomic mass is 19.4. The van der Waals surface area contributed by atoms with Crippen molar-refractivity contribution in [3.63, 3.8) is 0 Å². The third kappa shape index (κ3) is 5.99. The van der Waals surface area contributed by atoms with Crippen LogP contribution in [-0.2, 0) is 10.3 Å². The average Bonchev–Trinajstić information content (AvgIpc) is 2.56. The Morgan fingerprint density at radius 1 is 1.19 bits per heavy atom. The molecule has 4 nitrogen and oxygen atoms in total. The lowest BCUT2D eigenvalue weighted by molar-refractivity contribution is -0.272. The van der Waals surface area contributed by atoms with Gasteiger partial charge in [-0.15, -0.1) is 0 Å². The maximum absolute atomic E-state index is 13.5. The number of benzene rings is 1. The van der Waals surface area contributed by atoms with Gasteiger partial charge in [-0.25, -0.2) is 4.99 Å². The molecule has 0 heterocycles. The van der Waals surface area contributed by atoms with Crippen molar-refractivity contribution in [2.45, 2.75) is 51.8 Å². The zero-order chi connectivity index (χ0) is 19.8. The van der Waals surface area contributed by atoms with E-state index in [4.69, 9.17) is 4.74 Å². The van der Waals surface area contributed by atoms with Gasteiger partial charge in [0.1, 0.15) is 0 Å². The smallest absolute Gasteiger partial charge is 0.381 e. The van der Waals surface area contributed by atoms with Gasteiger partial charge in [0.15, 0.2) is 5.60 Å². The first-order valence-corrected chi connectivity index (χ1v) is 8.88. The minimum atomic E-state index is -4.79. The molecular formula is C19H29F3N2O2. The Morgan fingerprint density at radius 2 is 1.88 bits per heavy atom. The van der Waals surface area contributed by atoms with Crippen molar-refractivity contribution in [2.24, 2.45) is 4.99 Å². The fourth-order valence-electron chi connectivity index (χ4n) is 2.54. The van der Waals surface area contributed by atoms with Gasteiger partial charge in [-0.1, -0.05) is 26.0 Å². The number of nitrogens with zero attached hydrogens (tertiary/aromatic N) is 2. The molecule has 0 fully saturated rings. The van der Waals surface area contributed by atoms with Gasteiger partial charge in [0.25, 0.3) is 0 Å². The maximum Gasteiger partial charge on any atom is 0.421 e. The lowest BCUT2D eigenvalue weighted by Crippen LogP contribution is -2.43. The fraction of sp³-hybridized carbons (Fsp3) is 0.632. The quantitative estimate of drug-likeness (QED) is 0.371. The van der Waals surface area contributed by atoms with Crippen LogP contribution in [0.3, 0.4) is 0 Å². The topological polar surface area (TPSA) is 45.1 Å². The second-order valence-electron chi connectivity index (χ2n) is 6.45. The van der Waals surface area contributed by atoms with E-state index in [1.807, 2.05) is 25.8 Å². The van der Waals surface area contributed by atoms with Crippen LogP contribution in [0.1, 0.15) is 44.2 Å². The first-order valence-electron chi connectivity index (χ1n) is 8.88. The summed E-state index contributed by atoms with van der Waals surface area (Å²) < 4.78 is 45.7. The van der Waals surface area contributed by atoms with E-state index in [1.165, 1.54) is 18.2 Å². The van der Waals surface area contributed by atoms with Crippen molar-refractivity contribution in [1.29, 1.82) is 0 Å². The first kappa shape index (κ1) is 22.4. The molecule has 26 heavy (non-hydrogen) atoms. The average molecular weight is 374 g/mol. The number of hydrogen-bond acceptors (Lipinski definition) is 3. The van der Waals surface area contributed by atoms with E-state index >= 15 is 0 Å². The Kier molecular flexibility index (Phi) is 8.56. The second-order valence-corrected chi connectivity index (χ2v) is 6.45. The fourth-order valence-corrected chi connectivity index (χ4v) is 2.54. The van der Waals surface area contributed by atoms with Crippen LogP contribution in [0.5, 0.6) is 0 Å². The number of halogens is 3. The Labute approximate surface area is 153 Å². The highest BCUT2D eigenvalue weighted by Gasteiger charge is 2.54. The van der Waals surface area contributed by atoms with E-state index in [-0.39, 0.29) is 12.2 Å². The van der Waals surface area contributed by atoms with Crippen molar-refractivity contribution in [3.05, 3.63) is 29.3 Å². The van der Waals surface area contributed by atoms with Gasteiger partial charge in [0.05, 0.1) is 12.0 Å². The number of ether oxygens (including phenoxy) is 1. The highest BCUT2D eigenvalue weighted by Crippen LogP contribution is 2.42. The molecule has 7 heteroatoms. The summed E-state index contributed by atoms with van der Waals surface area (Å²) in [7, 11) is 1.88. The number of alkyl halides is 3. The summed E-state index contributed by atoms with van der Waals surface area (Å²) in [6, 6.07) is 4.14. The van der Waals surface area contributed by atoms with Crippen molar-refractivity contribution >= 4 is 12.0 Å². The molecular weight excluding hydrogens is 345 g/mol. The van der Waals surface area contributed by atoms with E-state index in [1.54, 1.807) is 13.3 Å². The van der Waals surface area contributed by atoms with Crippen LogP contribution in [0.15, 0.2) is 23.2 Å². The van der Waals surface area contributed by atoms with Crippen molar-refractivity contribution in [2.75, 3.05) is 26.8 Å². The zero-order valence-electron chi connectivity index (χ0n) is 15.9. The van der Waals surface area contributed by atoms with Gasteiger partial charge in [-0.05, 0) is 37.0 Å². The Bertz CT molecular complexity index is 591. The lowest BCUT2D eigenvalue weighted by Gasteiger charge is -2.31. The monoisotopic (exact) mass is 374 g/mol. The summed E-state index contributed by atoms with van der Waals surface area (Å²) in [4.78, 5) is 6.22. The molecule has 148 valence electrons. The molecule has 0 saturated carbocycles. The Balaban J connectivity index is 3.04. The van der Waals surface area contributed by atoms with Crippen LogP contribution in [0, 0.1) is 6.92 Å². The minimum absolute atomic E-state index is 0.162. The van der Waals surface area contributed by atoms with Crippen LogP contribution in [0.4, 0.5) is 18.9 Å². The molecule has 0 spiro atoms. The van der Waals surface area contributed by atoms with Gasteiger partial charge in [-0.2, -0.15) is 13.2 Å². The summed E-state index contributed by atoms with van der Waals surface area (Å²) in [6.07, 6.45) is -2.00. The number of aryl methyl sites for hydroxylation is 1. The van der Waals surface area contributed by atoms with E-state index in [2.05, 4.69) is 4.99 Å². The zero-order valence-corrected chi connectivity index (χ0v) is 15.9. The summed E-state index contributed by atoms with van der Waals surface area (Å²) >= 11 is 0. The molecule has 1 rings (SSSR count). The first-order chi connectivity index (χ1) is 12.2. The van der Waals surface area contributed by atoms with Crippen molar-refractivity contribution in [1.82, 2.24) is 4.90 Å². The molecule has 0 aromatic heterocycles. The standard InChI is InChI=1S/C19H29F3N2O2/c1-5-10-24(4)14-23-17-8-7-16(13-15(17)3)18(25,19(20,21)22)9-12-26-11-6-2/h7-8,13-14,25H,5-6,9-12H2,1-4H3. The SMILES string of the molecule is CCCOCCC(O)(c1ccc(N=CN(C)CCC)c(C)c1)C(F)(F)F. The summed E-state index contributed by atoms with van der Waals surface area (Å²) in [6.45, 7) is 6.65. The second kappa shape index (κ2) is 9.92. The Hall–Kier alpha value is -1.60. The molecule has 0 aliphatic rings. The predicted molar refractivity (Wildman–Crippen MR) is 97.9 cm³/mol. The normalized spacial score (nSPS) is 14.6. The molecule has 1 unspecified atom stereocenters. The third-order valence-corrected chi connectivity index (χ3v) is 4.07.